The van der Waals surface area contributed by atoms with E-state index in [1.807, 2.05) is 4.90 Å². The average Bonchev–Trinajstić information content (AvgIpc) is 2.79. The van der Waals surface area contributed by atoms with Crippen LogP contribution in [0.4, 0.5) is 18.9 Å². The maximum absolute atomic E-state index is 13.6. The molecule has 178 valence electrons. The number of halogens is 4. The highest BCUT2D eigenvalue weighted by molar-refractivity contribution is 6.30. The average molecular weight is 480 g/mol. The molecule has 2 aromatic rings. The summed E-state index contributed by atoms with van der Waals surface area (Å²) < 4.78 is 40.9. The van der Waals surface area contributed by atoms with E-state index in [1.165, 1.54) is 6.07 Å². The van der Waals surface area contributed by atoms with Gasteiger partial charge in [-0.15, -0.1) is 0 Å². The first-order valence-corrected chi connectivity index (χ1v) is 11.7. The fraction of sp³-hybridized carbons (Fsp3) is 0.480. The van der Waals surface area contributed by atoms with Crippen LogP contribution < -0.4 is 4.90 Å². The first-order chi connectivity index (χ1) is 15.7. The minimum absolute atomic E-state index is 0.00674. The molecule has 0 radical (unpaired) electrons. The van der Waals surface area contributed by atoms with Crippen LogP contribution in [-0.2, 0) is 12.6 Å². The Kier molecular flexibility index (Phi) is 7.31. The first-order valence-electron chi connectivity index (χ1n) is 11.4. The summed E-state index contributed by atoms with van der Waals surface area (Å²) >= 11 is 5.99. The lowest BCUT2D eigenvalue weighted by Crippen LogP contribution is -2.52. The zero-order chi connectivity index (χ0) is 23.6. The molecule has 0 spiro atoms. The van der Waals surface area contributed by atoms with Gasteiger partial charge in [0, 0.05) is 68.0 Å². The Morgan fingerprint density at radius 3 is 2.33 bits per heavy atom. The molecule has 2 heterocycles. The summed E-state index contributed by atoms with van der Waals surface area (Å²) in [5.41, 5.74) is 0.451. The molecule has 0 bridgehead atoms. The number of carbonyl (C=O) groups excluding carboxylic acids is 1. The van der Waals surface area contributed by atoms with E-state index in [0.717, 1.165) is 45.1 Å². The SMILES string of the molecule is CN1CCN(C2CCN(c3cc(C(=O)Cc4cccc(Cl)c4)cc(C(F)(F)F)c3)CC2)CC1. The van der Waals surface area contributed by atoms with E-state index in [2.05, 4.69) is 16.8 Å². The Morgan fingerprint density at radius 2 is 1.70 bits per heavy atom. The van der Waals surface area contributed by atoms with Crippen LogP contribution >= 0.6 is 11.6 Å². The van der Waals surface area contributed by atoms with Gasteiger partial charge in [-0.1, -0.05) is 23.7 Å². The largest absolute Gasteiger partial charge is 0.416 e. The molecular weight excluding hydrogens is 451 g/mol. The summed E-state index contributed by atoms with van der Waals surface area (Å²) in [5, 5.41) is 0.494. The van der Waals surface area contributed by atoms with E-state index in [1.54, 1.807) is 30.3 Å². The monoisotopic (exact) mass is 479 g/mol. The Morgan fingerprint density at radius 1 is 1.00 bits per heavy atom. The number of anilines is 1. The highest BCUT2D eigenvalue weighted by atomic mass is 35.5. The maximum Gasteiger partial charge on any atom is 0.416 e. The van der Waals surface area contributed by atoms with E-state index in [-0.39, 0.29) is 17.8 Å². The second-order valence-corrected chi connectivity index (χ2v) is 9.49. The van der Waals surface area contributed by atoms with Gasteiger partial charge in [-0.25, -0.2) is 0 Å². The molecule has 0 aliphatic carbocycles. The van der Waals surface area contributed by atoms with Crippen molar-refractivity contribution in [2.75, 3.05) is 51.2 Å². The second-order valence-electron chi connectivity index (χ2n) is 9.05. The van der Waals surface area contributed by atoms with Crippen molar-refractivity contribution in [3.8, 4) is 0 Å². The first kappa shape index (κ1) is 24.0. The number of piperazine rings is 1. The van der Waals surface area contributed by atoms with Crippen molar-refractivity contribution in [3.63, 3.8) is 0 Å². The summed E-state index contributed by atoms with van der Waals surface area (Å²) in [5.74, 6) is -0.350. The van der Waals surface area contributed by atoms with Gasteiger partial charge in [-0.3, -0.25) is 9.69 Å². The fourth-order valence-electron chi connectivity index (χ4n) is 4.73. The molecule has 2 aliphatic rings. The molecule has 0 atom stereocenters. The van der Waals surface area contributed by atoms with Crippen molar-refractivity contribution in [2.45, 2.75) is 31.5 Å². The van der Waals surface area contributed by atoms with Gasteiger partial charge in [0.25, 0.3) is 0 Å². The summed E-state index contributed by atoms with van der Waals surface area (Å²) in [7, 11) is 2.12. The van der Waals surface area contributed by atoms with Crippen LogP contribution in [0.25, 0.3) is 0 Å². The predicted molar refractivity (Wildman–Crippen MR) is 125 cm³/mol. The number of piperidine rings is 1. The fourth-order valence-corrected chi connectivity index (χ4v) is 4.94. The normalized spacial score (nSPS) is 19.1. The Bertz CT molecular complexity index is 981. The molecule has 4 rings (SSSR count). The van der Waals surface area contributed by atoms with E-state index in [9.17, 15) is 18.0 Å². The van der Waals surface area contributed by atoms with Crippen LogP contribution in [0.5, 0.6) is 0 Å². The summed E-state index contributed by atoms with van der Waals surface area (Å²) in [6.45, 7) is 5.53. The highest BCUT2D eigenvalue weighted by Gasteiger charge is 2.33. The topological polar surface area (TPSA) is 26.8 Å². The van der Waals surface area contributed by atoms with Crippen LogP contribution in [0.15, 0.2) is 42.5 Å². The summed E-state index contributed by atoms with van der Waals surface area (Å²) in [6.07, 6.45) is -2.69. The number of hydrogen-bond acceptors (Lipinski definition) is 4. The van der Waals surface area contributed by atoms with E-state index >= 15 is 0 Å². The molecule has 2 saturated heterocycles. The van der Waals surface area contributed by atoms with Gasteiger partial charge >= 0.3 is 6.18 Å². The molecule has 0 aromatic heterocycles. The number of likely N-dealkylation sites (N-methyl/N-ethyl adjacent to an activating group) is 1. The minimum atomic E-state index is -4.51. The second kappa shape index (κ2) is 10.0. The Hall–Kier alpha value is -2.09. The zero-order valence-corrected chi connectivity index (χ0v) is 19.5. The Labute approximate surface area is 197 Å². The van der Waals surface area contributed by atoms with Crippen LogP contribution in [-0.4, -0.2) is 67.9 Å². The molecule has 0 saturated carbocycles. The van der Waals surface area contributed by atoms with E-state index in [4.69, 9.17) is 11.6 Å². The lowest BCUT2D eigenvalue weighted by molar-refractivity contribution is -0.137. The number of benzene rings is 2. The van der Waals surface area contributed by atoms with Crippen molar-refractivity contribution >= 4 is 23.1 Å². The number of rotatable bonds is 5. The summed E-state index contributed by atoms with van der Waals surface area (Å²) in [4.78, 5) is 19.7. The van der Waals surface area contributed by atoms with Gasteiger partial charge in [0.15, 0.2) is 5.78 Å². The van der Waals surface area contributed by atoms with Crippen LogP contribution in [0.1, 0.15) is 34.3 Å². The minimum Gasteiger partial charge on any atom is -0.371 e. The van der Waals surface area contributed by atoms with Crippen molar-refractivity contribution in [1.29, 1.82) is 0 Å². The van der Waals surface area contributed by atoms with Gasteiger partial charge < -0.3 is 9.80 Å². The zero-order valence-electron chi connectivity index (χ0n) is 18.7. The molecule has 0 N–H and O–H groups in total. The molecule has 2 aliphatic heterocycles. The molecule has 4 nitrogen and oxygen atoms in total. The third-order valence-corrected chi connectivity index (χ3v) is 6.94. The number of carbonyl (C=O) groups is 1. The molecular formula is C25H29ClF3N3O. The number of alkyl halides is 3. The van der Waals surface area contributed by atoms with Gasteiger partial charge in [0.05, 0.1) is 5.56 Å². The summed E-state index contributed by atoms with van der Waals surface area (Å²) in [6, 6.07) is 11.1. The predicted octanol–water partition coefficient (Wildman–Crippen LogP) is 5.00. The smallest absolute Gasteiger partial charge is 0.371 e. The highest BCUT2D eigenvalue weighted by Crippen LogP contribution is 2.34. The quantitative estimate of drug-likeness (QED) is 0.564. The van der Waals surface area contributed by atoms with Gasteiger partial charge in [0.2, 0.25) is 0 Å². The van der Waals surface area contributed by atoms with E-state index < -0.39 is 11.7 Å². The molecule has 0 unspecified atom stereocenters. The van der Waals surface area contributed by atoms with Crippen molar-refractivity contribution in [1.82, 2.24) is 9.80 Å². The Balaban J connectivity index is 1.50. The van der Waals surface area contributed by atoms with Gasteiger partial charge in [-0.2, -0.15) is 13.2 Å². The molecule has 0 amide bonds. The molecule has 2 aromatic carbocycles. The number of nitrogens with zero attached hydrogens (tertiary/aromatic N) is 3. The van der Waals surface area contributed by atoms with Gasteiger partial charge in [0.1, 0.15) is 0 Å². The maximum atomic E-state index is 13.6. The molecule has 8 heteroatoms. The molecule has 2 fully saturated rings. The standard InChI is InChI=1S/C25H29ClF3N3O/c1-30-9-11-32(12-10-30)22-5-7-31(8-6-22)23-16-19(15-20(17-23)25(27,28)29)24(33)14-18-3-2-4-21(26)13-18/h2-4,13,15-17,22H,5-12,14H2,1H3. The third-order valence-electron chi connectivity index (χ3n) is 6.70. The lowest BCUT2D eigenvalue weighted by atomic mass is 9.98. The van der Waals surface area contributed by atoms with Crippen molar-refractivity contribution in [3.05, 3.63) is 64.2 Å². The molecule has 33 heavy (non-hydrogen) atoms. The van der Waals surface area contributed by atoms with Crippen molar-refractivity contribution in [2.24, 2.45) is 0 Å². The number of ketones is 1. The lowest BCUT2D eigenvalue weighted by Gasteiger charge is -2.42. The third kappa shape index (κ3) is 6.08. The van der Waals surface area contributed by atoms with Crippen LogP contribution in [0.3, 0.4) is 0 Å². The van der Waals surface area contributed by atoms with Crippen LogP contribution in [0, 0.1) is 0 Å². The number of Topliss-reactive ketones (excluding diaryl/α,β-unsaturated/α-hetero) is 1. The van der Waals surface area contributed by atoms with E-state index in [0.29, 0.717) is 35.4 Å². The number of hydrogen-bond donors (Lipinski definition) is 0. The van der Waals surface area contributed by atoms with Gasteiger partial charge in [-0.05, 0) is 55.8 Å². The van der Waals surface area contributed by atoms with Crippen molar-refractivity contribution < 1.29 is 18.0 Å². The van der Waals surface area contributed by atoms with Crippen LogP contribution in [0.2, 0.25) is 5.02 Å².